The van der Waals surface area contributed by atoms with Crippen LogP contribution in [0.5, 0.6) is 0 Å². The van der Waals surface area contributed by atoms with Gasteiger partial charge in [-0.25, -0.2) is 4.79 Å². The van der Waals surface area contributed by atoms with E-state index in [0.717, 1.165) is 19.3 Å². The molecule has 0 saturated carbocycles. The van der Waals surface area contributed by atoms with Crippen LogP contribution >= 0.6 is 0 Å². The molecule has 22 heavy (non-hydrogen) atoms. The van der Waals surface area contributed by atoms with Gasteiger partial charge in [-0.05, 0) is 13.3 Å². The molecule has 0 aliphatic heterocycles. The summed E-state index contributed by atoms with van der Waals surface area (Å²) in [7, 11) is 1.33. The third-order valence-corrected chi connectivity index (χ3v) is 2.04. The Hall–Kier alpha value is -1.35. The molecule has 0 bridgehead atoms. The number of methoxy groups -OCH3 is 1. The van der Waals surface area contributed by atoms with Gasteiger partial charge in [-0.1, -0.05) is 38.0 Å². The van der Waals surface area contributed by atoms with Crippen molar-refractivity contribution in [2.45, 2.75) is 38.7 Å². The number of allylic oxidation sites excluding steroid dienone is 2. The third kappa shape index (κ3) is 31.2. The molecule has 0 fully saturated rings. The normalized spacial score (nSPS) is 11.0. The van der Waals surface area contributed by atoms with Crippen LogP contribution < -0.4 is 0 Å². The largest absolute Gasteiger partial charge is 0 e. The van der Waals surface area contributed by atoms with Crippen LogP contribution in [0.1, 0.15) is 33.1 Å². The van der Waals surface area contributed by atoms with E-state index in [0.29, 0.717) is 0 Å². The van der Waals surface area contributed by atoms with Gasteiger partial charge in [-0.2, -0.15) is 0 Å². The van der Waals surface area contributed by atoms with E-state index in [-0.39, 0.29) is 17.1 Å². The number of carbonyl (C=O) groups is 1. The van der Waals surface area contributed by atoms with E-state index in [2.05, 4.69) is 31.6 Å². The second-order valence-electron chi connectivity index (χ2n) is 3.70. The van der Waals surface area contributed by atoms with Gasteiger partial charge in [0.1, 0.15) is 0 Å². The molecule has 0 saturated heterocycles. The summed E-state index contributed by atoms with van der Waals surface area (Å²) >= 11 is 0. The minimum absolute atomic E-state index is 0. The number of esters is 1. The van der Waals surface area contributed by atoms with Gasteiger partial charge in [-0.3, -0.25) is 0 Å². The number of unbranched alkanes of at least 4 members (excludes halogenated alkanes) is 1. The van der Waals surface area contributed by atoms with Crippen molar-refractivity contribution in [1.29, 1.82) is 0 Å². The zero-order chi connectivity index (χ0) is 17.7. The van der Waals surface area contributed by atoms with Gasteiger partial charge < -0.3 is 9.84 Å². The Morgan fingerprint density at radius 1 is 1.18 bits per heavy atom. The molecule has 124 valence electrons. The Kier molecular flexibility index (Phi) is 41.3. The zero-order valence-corrected chi connectivity index (χ0v) is 13.9. The molecule has 0 aromatic rings. The molecule has 0 aromatic carbocycles. The number of ether oxygens (including phenoxy) is 1. The standard InChI is InChI=1S/C12H20O3.3CO.Fe/c1-4-5-9-12(2,14)10-7-6-8-11(13)15-3;3*1-2;/h6-8,10,14H,4-5,9H2,1-3H3;;;;/b8-6+,10-7+;;;;/t12-;;;;/m0..../s1. The van der Waals surface area contributed by atoms with Crippen molar-refractivity contribution < 1.29 is 45.7 Å². The molecule has 7 heteroatoms. The van der Waals surface area contributed by atoms with Crippen LogP contribution in [-0.2, 0) is 40.6 Å². The van der Waals surface area contributed by atoms with Crippen molar-refractivity contribution in [2.24, 2.45) is 0 Å². The van der Waals surface area contributed by atoms with Crippen molar-refractivity contribution in [1.82, 2.24) is 0 Å². The van der Waals surface area contributed by atoms with E-state index in [1.165, 1.54) is 13.2 Å². The van der Waals surface area contributed by atoms with Gasteiger partial charge in [0.15, 0.2) is 0 Å². The van der Waals surface area contributed by atoms with E-state index in [1.807, 2.05) is 0 Å². The predicted octanol–water partition coefficient (Wildman–Crippen LogP) is 2.10. The molecule has 6 nitrogen and oxygen atoms in total. The Balaban J connectivity index is -0.000000122. The molecular weight excluding hydrogens is 332 g/mol. The summed E-state index contributed by atoms with van der Waals surface area (Å²) in [5, 5.41) is 9.83. The van der Waals surface area contributed by atoms with Gasteiger partial charge in [0.2, 0.25) is 0 Å². The summed E-state index contributed by atoms with van der Waals surface area (Å²) in [5.41, 5.74) is -0.795. The molecule has 0 unspecified atom stereocenters. The number of hydrogen-bond acceptors (Lipinski definition) is 3. The second-order valence-corrected chi connectivity index (χ2v) is 3.70. The molecule has 1 N–H and O–H groups in total. The maximum Gasteiger partial charge on any atom is 0 e. The van der Waals surface area contributed by atoms with Crippen LogP contribution in [0.3, 0.4) is 0 Å². The first-order valence-corrected chi connectivity index (χ1v) is 5.79. The molecule has 0 radical (unpaired) electrons. The number of hydrogen-bond donors (Lipinski definition) is 1. The smallest absolute Gasteiger partial charge is 0 e. The van der Waals surface area contributed by atoms with Crippen molar-refractivity contribution in [2.75, 3.05) is 7.11 Å². The first kappa shape index (κ1) is 32.6. The van der Waals surface area contributed by atoms with Crippen molar-refractivity contribution >= 4 is 5.97 Å². The van der Waals surface area contributed by atoms with Crippen molar-refractivity contribution in [3.8, 4) is 0 Å². The number of aliphatic hydroxyl groups is 1. The van der Waals surface area contributed by atoms with Crippen LogP contribution in [0, 0.1) is 20.0 Å². The summed E-state index contributed by atoms with van der Waals surface area (Å²) in [5.74, 6) is -0.396. The third-order valence-electron chi connectivity index (χ3n) is 2.04. The van der Waals surface area contributed by atoms with Gasteiger partial charge in [0, 0.05) is 23.1 Å². The van der Waals surface area contributed by atoms with Crippen LogP contribution in [0.2, 0.25) is 0 Å². The Labute approximate surface area is 142 Å². The average molecular weight is 352 g/mol. The van der Waals surface area contributed by atoms with Crippen LogP contribution in [-0.4, -0.2) is 23.8 Å². The molecule has 0 aromatic heterocycles. The first-order chi connectivity index (χ1) is 10.0. The fraction of sp³-hybridized carbons (Fsp3) is 0.467. The maximum atomic E-state index is 10.7. The minimum atomic E-state index is -0.795. The molecule has 0 spiro atoms. The van der Waals surface area contributed by atoms with E-state index in [9.17, 15) is 9.90 Å². The average Bonchev–Trinajstić information content (AvgIpc) is 2.55. The van der Waals surface area contributed by atoms with Gasteiger partial charge in [0.25, 0.3) is 0 Å². The Morgan fingerprint density at radius 3 is 2.00 bits per heavy atom. The van der Waals surface area contributed by atoms with Crippen LogP contribution in [0.4, 0.5) is 0 Å². The maximum absolute atomic E-state index is 10.7. The Morgan fingerprint density at radius 2 is 1.64 bits per heavy atom. The fourth-order valence-corrected chi connectivity index (χ4v) is 1.08. The molecular formula is C15H20FeO6. The van der Waals surface area contributed by atoms with Gasteiger partial charge in [0.05, 0.1) is 12.7 Å². The summed E-state index contributed by atoms with van der Waals surface area (Å²) in [6, 6.07) is 0. The van der Waals surface area contributed by atoms with Gasteiger partial charge >= 0.3 is 39.9 Å². The topological polar surface area (TPSA) is 106 Å². The summed E-state index contributed by atoms with van der Waals surface area (Å²) < 4.78 is 26.9. The second kappa shape index (κ2) is 27.9. The number of carbonyl (C=O) groups excluding carboxylic acids is 1. The van der Waals surface area contributed by atoms with Gasteiger partial charge in [-0.15, -0.1) is 0 Å². The monoisotopic (exact) mass is 352 g/mol. The van der Waals surface area contributed by atoms with E-state index >= 15 is 0 Å². The van der Waals surface area contributed by atoms with E-state index < -0.39 is 11.6 Å². The summed E-state index contributed by atoms with van der Waals surface area (Å²) in [4.78, 5) is 10.7. The van der Waals surface area contributed by atoms with E-state index in [4.69, 9.17) is 14.0 Å². The first-order valence-electron chi connectivity index (χ1n) is 5.79. The summed E-state index contributed by atoms with van der Waals surface area (Å²) in [6.45, 7) is 17.3. The SMILES string of the molecule is CCCC[C@](C)(O)/C=C/C=C/C(=O)OC.[C-]#[O+].[C-]#[O+].[C-]#[O+].[Fe]. The molecule has 0 heterocycles. The summed E-state index contributed by atoms with van der Waals surface area (Å²) in [6.07, 6.45) is 8.99. The molecule has 1 atom stereocenters. The quantitative estimate of drug-likeness (QED) is 0.198. The van der Waals surface area contributed by atoms with Crippen LogP contribution in [0.15, 0.2) is 24.3 Å². The van der Waals surface area contributed by atoms with E-state index in [1.54, 1.807) is 25.2 Å². The zero-order valence-electron chi connectivity index (χ0n) is 12.8. The van der Waals surface area contributed by atoms with Crippen molar-refractivity contribution in [3.63, 3.8) is 0 Å². The number of rotatable bonds is 6. The minimum Gasteiger partial charge on any atom is 0 e. The molecule has 0 amide bonds. The molecule has 0 aliphatic rings. The van der Waals surface area contributed by atoms with Crippen molar-refractivity contribution in [3.05, 3.63) is 44.3 Å². The predicted molar refractivity (Wildman–Crippen MR) is 72.2 cm³/mol. The fourth-order valence-electron chi connectivity index (χ4n) is 1.08. The Bertz CT molecular complexity index is 339. The molecule has 0 rings (SSSR count). The van der Waals surface area contributed by atoms with Crippen LogP contribution in [0.25, 0.3) is 0 Å². The molecule has 0 aliphatic carbocycles.